The third-order valence-electron chi connectivity index (χ3n) is 4.42. The Labute approximate surface area is 134 Å². The summed E-state index contributed by atoms with van der Waals surface area (Å²) in [6.45, 7) is 0.389. The number of piperidine rings is 1. The normalized spacial score (nSPS) is 26.8. The first-order valence-corrected chi connectivity index (χ1v) is 7.66. The van der Waals surface area contributed by atoms with Crippen molar-refractivity contribution in [2.75, 3.05) is 13.1 Å². The summed E-state index contributed by atoms with van der Waals surface area (Å²) < 4.78 is 49.8. The molecule has 0 radical (unpaired) electrons. The molecule has 1 aromatic rings. The minimum absolute atomic E-state index is 0.0754. The summed E-state index contributed by atoms with van der Waals surface area (Å²) in [5.41, 5.74) is -1.14. The van der Waals surface area contributed by atoms with Crippen LogP contribution < -0.4 is 0 Å². The van der Waals surface area contributed by atoms with E-state index in [9.17, 15) is 22.8 Å². The highest BCUT2D eigenvalue weighted by atomic mass is 19.4. The van der Waals surface area contributed by atoms with Crippen LogP contribution in [-0.4, -0.2) is 52.0 Å². The van der Waals surface area contributed by atoms with Crippen LogP contribution in [0.2, 0.25) is 0 Å². The molecule has 3 heterocycles. The lowest BCUT2D eigenvalue weighted by Gasteiger charge is -2.31. The monoisotopic (exact) mass is 345 g/mol. The maximum atomic E-state index is 12.9. The molecule has 2 saturated heterocycles. The van der Waals surface area contributed by atoms with Crippen LogP contribution >= 0.6 is 0 Å². The quantitative estimate of drug-likeness (QED) is 0.767. The Morgan fingerprint density at radius 2 is 1.92 bits per heavy atom. The van der Waals surface area contributed by atoms with E-state index in [1.807, 2.05) is 0 Å². The van der Waals surface area contributed by atoms with Gasteiger partial charge < -0.3 is 14.4 Å². The van der Waals surface area contributed by atoms with E-state index in [0.717, 1.165) is 6.07 Å². The predicted molar refractivity (Wildman–Crippen MR) is 71.2 cm³/mol. The maximum Gasteiger partial charge on any atom is 0.509 e. The van der Waals surface area contributed by atoms with Gasteiger partial charge in [-0.15, -0.1) is 0 Å². The van der Waals surface area contributed by atoms with Crippen molar-refractivity contribution in [3.8, 4) is 0 Å². The van der Waals surface area contributed by atoms with E-state index in [-0.39, 0.29) is 24.8 Å². The minimum atomic E-state index is -4.60. The number of aromatic nitrogens is 2. The summed E-state index contributed by atoms with van der Waals surface area (Å²) in [6, 6.07) is 0.634. The second kappa shape index (κ2) is 5.12. The largest absolute Gasteiger partial charge is 0.509 e. The van der Waals surface area contributed by atoms with Crippen LogP contribution in [0.3, 0.4) is 0 Å². The molecule has 1 aromatic heterocycles. The van der Waals surface area contributed by atoms with Gasteiger partial charge in [0.05, 0.1) is 12.6 Å². The highest BCUT2D eigenvalue weighted by Gasteiger charge is 2.44. The molecule has 2 aliphatic heterocycles. The SMILES string of the molecule is O=C1OC2CCN(C(=O)c3cc(C(F)(F)F)nn3C3CC3)CC2O1. The molecule has 10 heteroatoms. The highest BCUT2D eigenvalue weighted by molar-refractivity contribution is 5.93. The first-order chi connectivity index (χ1) is 11.3. The van der Waals surface area contributed by atoms with Crippen molar-refractivity contribution in [3.05, 3.63) is 17.5 Å². The molecule has 130 valence electrons. The third kappa shape index (κ3) is 2.59. The van der Waals surface area contributed by atoms with Crippen LogP contribution in [0.25, 0.3) is 0 Å². The van der Waals surface area contributed by atoms with Gasteiger partial charge in [0, 0.05) is 19.0 Å². The summed E-state index contributed by atoms with van der Waals surface area (Å²) in [7, 11) is 0. The molecular weight excluding hydrogens is 331 g/mol. The van der Waals surface area contributed by atoms with Gasteiger partial charge in [-0.2, -0.15) is 18.3 Å². The number of fused-ring (bicyclic) bond motifs is 1. The van der Waals surface area contributed by atoms with Gasteiger partial charge in [0.1, 0.15) is 11.8 Å². The number of carbonyl (C=O) groups is 2. The number of likely N-dealkylation sites (tertiary alicyclic amines) is 1. The van der Waals surface area contributed by atoms with Crippen LogP contribution in [0.1, 0.15) is 41.5 Å². The van der Waals surface area contributed by atoms with Crippen LogP contribution in [0.5, 0.6) is 0 Å². The molecule has 0 aromatic carbocycles. The second-order valence-corrected chi connectivity index (χ2v) is 6.19. The topological polar surface area (TPSA) is 73.7 Å². The Balaban J connectivity index is 1.58. The molecule has 1 aliphatic carbocycles. The molecule has 7 nitrogen and oxygen atoms in total. The number of nitrogens with zero attached hydrogens (tertiary/aromatic N) is 3. The number of rotatable bonds is 2. The lowest BCUT2D eigenvalue weighted by molar-refractivity contribution is -0.141. The van der Waals surface area contributed by atoms with Crippen molar-refractivity contribution in [2.24, 2.45) is 0 Å². The van der Waals surface area contributed by atoms with Gasteiger partial charge in [0.25, 0.3) is 5.91 Å². The van der Waals surface area contributed by atoms with Gasteiger partial charge in [-0.1, -0.05) is 0 Å². The molecule has 0 N–H and O–H groups in total. The summed E-state index contributed by atoms with van der Waals surface area (Å²) >= 11 is 0. The third-order valence-corrected chi connectivity index (χ3v) is 4.42. The van der Waals surface area contributed by atoms with E-state index < -0.39 is 36.1 Å². The van der Waals surface area contributed by atoms with Crippen molar-refractivity contribution in [1.82, 2.24) is 14.7 Å². The lowest BCUT2D eigenvalue weighted by Crippen LogP contribution is -2.48. The maximum absolute atomic E-state index is 12.9. The zero-order valence-corrected chi connectivity index (χ0v) is 12.5. The Bertz CT molecular complexity index is 698. The molecular formula is C14H14F3N3O4. The van der Waals surface area contributed by atoms with Crippen LogP contribution in [0.15, 0.2) is 6.07 Å². The van der Waals surface area contributed by atoms with Crippen molar-refractivity contribution < 1.29 is 32.2 Å². The van der Waals surface area contributed by atoms with Crippen molar-refractivity contribution >= 4 is 12.1 Å². The molecule has 4 rings (SSSR count). The van der Waals surface area contributed by atoms with Gasteiger partial charge in [0.2, 0.25) is 0 Å². The Morgan fingerprint density at radius 3 is 2.58 bits per heavy atom. The molecule has 24 heavy (non-hydrogen) atoms. The minimum Gasteiger partial charge on any atom is -0.427 e. The fraction of sp³-hybridized carbons (Fsp3) is 0.643. The van der Waals surface area contributed by atoms with E-state index >= 15 is 0 Å². The van der Waals surface area contributed by atoms with Crippen molar-refractivity contribution in [3.63, 3.8) is 0 Å². The second-order valence-electron chi connectivity index (χ2n) is 6.19. The summed E-state index contributed by atoms with van der Waals surface area (Å²) in [6.07, 6.45) is -4.55. The fourth-order valence-electron chi connectivity index (χ4n) is 3.05. The average Bonchev–Trinajstić information content (AvgIpc) is 3.13. The van der Waals surface area contributed by atoms with Crippen LogP contribution in [-0.2, 0) is 15.7 Å². The molecule has 2 atom stereocenters. The number of halogens is 3. The van der Waals surface area contributed by atoms with Gasteiger partial charge in [-0.05, 0) is 12.8 Å². The first kappa shape index (κ1) is 15.3. The number of hydrogen-bond donors (Lipinski definition) is 0. The zero-order chi connectivity index (χ0) is 17.1. The molecule has 1 amide bonds. The molecule has 0 spiro atoms. The van der Waals surface area contributed by atoms with Gasteiger partial charge in [0.15, 0.2) is 11.8 Å². The standard InChI is InChI=1S/C14H14F3N3O4/c15-14(16,17)11-5-8(20(18-11)7-1-2-7)12(21)19-4-3-9-10(6-19)24-13(22)23-9/h5,7,9-10H,1-4,6H2. The molecule has 0 bridgehead atoms. The molecule has 3 aliphatic rings. The van der Waals surface area contributed by atoms with Gasteiger partial charge in [-0.25, -0.2) is 4.79 Å². The Kier molecular flexibility index (Phi) is 3.26. The first-order valence-electron chi connectivity index (χ1n) is 7.66. The Morgan fingerprint density at radius 1 is 1.21 bits per heavy atom. The van der Waals surface area contributed by atoms with E-state index in [2.05, 4.69) is 5.10 Å². The average molecular weight is 345 g/mol. The number of alkyl halides is 3. The Hall–Kier alpha value is -2.26. The predicted octanol–water partition coefficient (Wildman–Crippen LogP) is 1.99. The molecule has 3 fully saturated rings. The molecule has 1 saturated carbocycles. The number of ether oxygens (including phenoxy) is 2. The zero-order valence-electron chi connectivity index (χ0n) is 12.5. The van der Waals surface area contributed by atoms with E-state index in [4.69, 9.17) is 9.47 Å². The lowest BCUT2D eigenvalue weighted by atomic mass is 10.0. The fourth-order valence-corrected chi connectivity index (χ4v) is 3.05. The van der Waals surface area contributed by atoms with Crippen molar-refractivity contribution in [1.29, 1.82) is 0 Å². The smallest absolute Gasteiger partial charge is 0.427 e. The van der Waals surface area contributed by atoms with Gasteiger partial charge >= 0.3 is 12.3 Å². The summed E-state index contributed by atoms with van der Waals surface area (Å²) in [5, 5.41) is 3.57. The van der Waals surface area contributed by atoms with E-state index in [1.54, 1.807) is 0 Å². The highest BCUT2D eigenvalue weighted by Crippen LogP contribution is 2.38. The number of carbonyl (C=O) groups excluding carboxylic acids is 2. The van der Waals surface area contributed by atoms with Crippen molar-refractivity contribution in [2.45, 2.75) is 43.7 Å². The van der Waals surface area contributed by atoms with E-state index in [0.29, 0.717) is 19.3 Å². The number of hydrogen-bond acceptors (Lipinski definition) is 5. The number of amides is 1. The molecule has 2 unspecified atom stereocenters. The summed E-state index contributed by atoms with van der Waals surface area (Å²) in [5.74, 6) is -0.536. The van der Waals surface area contributed by atoms with Crippen LogP contribution in [0, 0.1) is 0 Å². The van der Waals surface area contributed by atoms with E-state index in [1.165, 1.54) is 9.58 Å². The van der Waals surface area contributed by atoms with Gasteiger partial charge in [-0.3, -0.25) is 9.48 Å². The van der Waals surface area contributed by atoms with Crippen LogP contribution in [0.4, 0.5) is 18.0 Å². The summed E-state index contributed by atoms with van der Waals surface area (Å²) in [4.78, 5) is 25.2.